The van der Waals surface area contributed by atoms with Crippen molar-refractivity contribution in [2.24, 2.45) is 11.7 Å². The van der Waals surface area contributed by atoms with Crippen LogP contribution in [0.4, 0.5) is 0 Å². The molecule has 0 bridgehead atoms. The summed E-state index contributed by atoms with van der Waals surface area (Å²) in [6.45, 7) is 0.559. The monoisotopic (exact) mass is 320 g/mol. The van der Waals surface area contributed by atoms with Crippen LogP contribution in [-0.2, 0) is 11.3 Å². The van der Waals surface area contributed by atoms with Crippen molar-refractivity contribution in [3.05, 3.63) is 48.3 Å². The van der Waals surface area contributed by atoms with Crippen LogP contribution < -0.4 is 11.1 Å². The lowest BCUT2D eigenvalue weighted by Gasteiger charge is -2.11. The number of amides is 1. The van der Waals surface area contributed by atoms with Crippen LogP contribution in [0.15, 0.2) is 42.7 Å². The molecule has 0 saturated heterocycles. The number of nitrogens with two attached hydrogens (primary N) is 1. The summed E-state index contributed by atoms with van der Waals surface area (Å²) in [5.41, 5.74) is 7.94. The number of nitrogens with zero attached hydrogens (tertiary/aromatic N) is 2. The van der Waals surface area contributed by atoms with Crippen LogP contribution in [0.25, 0.3) is 5.69 Å². The molecule has 1 aliphatic carbocycles. The van der Waals surface area contributed by atoms with Gasteiger partial charge >= 0.3 is 0 Å². The fraction of sp³-hybridized carbons (Fsp3) is 0.375. The largest absolute Gasteiger partial charge is 0.352 e. The number of hydrogen-bond acceptors (Lipinski definition) is 3. The van der Waals surface area contributed by atoms with E-state index in [9.17, 15) is 4.79 Å². The smallest absolute Gasteiger partial charge is 0.223 e. The Hall–Kier alpha value is -1.85. The Kier molecular flexibility index (Phi) is 5.57. The third-order valence-corrected chi connectivity index (χ3v) is 4.02. The molecule has 1 heterocycles. The van der Waals surface area contributed by atoms with Gasteiger partial charge < -0.3 is 11.1 Å². The Morgan fingerprint density at radius 2 is 2.09 bits per heavy atom. The van der Waals surface area contributed by atoms with Crippen LogP contribution in [0.2, 0.25) is 0 Å². The molecule has 22 heavy (non-hydrogen) atoms. The number of hydrogen-bond donors (Lipinski definition) is 2. The second kappa shape index (κ2) is 7.42. The Balaban J connectivity index is 0.00000176. The number of rotatable bonds is 4. The molecule has 3 N–H and O–H groups in total. The van der Waals surface area contributed by atoms with Crippen molar-refractivity contribution in [1.29, 1.82) is 0 Å². The molecule has 0 radical (unpaired) electrons. The molecule has 1 aliphatic rings. The maximum absolute atomic E-state index is 12.0. The molecule has 5 nitrogen and oxygen atoms in total. The van der Waals surface area contributed by atoms with Crippen molar-refractivity contribution in [3.63, 3.8) is 0 Å². The lowest BCUT2D eigenvalue weighted by molar-refractivity contribution is -0.125. The van der Waals surface area contributed by atoms with Gasteiger partial charge in [0.1, 0.15) is 0 Å². The zero-order valence-electron chi connectivity index (χ0n) is 12.3. The van der Waals surface area contributed by atoms with Crippen molar-refractivity contribution < 1.29 is 4.79 Å². The predicted molar refractivity (Wildman–Crippen MR) is 88.0 cm³/mol. The molecular formula is C16H21ClN4O. The minimum absolute atomic E-state index is 0. The van der Waals surface area contributed by atoms with Crippen molar-refractivity contribution in [2.45, 2.75) is 31.8 Å². The first kappa shape index (κ1) is 16.5. The number of benzene rings is 1. The topological polar surface area (TPSA) is 72.9 Å². The van der Waals surface area contributed by atoms with Gasteiger partial charge in [0, 0.05) is 30.9 Å². The summed E-state index contributed by atoms with van der Waals surface area (Å²) in [5, 5.41) is 7.18. The van der Waals surface area contributed by atoms with Crippen LogP contribution in [0.1, 0.15) is 24.8 Å². The highest BCUT2D eigenvalue weighted by atomic mass is 35.5. The molecule has 1 aromatic carbocycles. The quantitative estimate of drug-likeness (QED) is 0.905. The highest BCUT2D eigenvalue weighted by Gasteiger charge is 2.27. The van der Waals surface area contributed by atoms with Gasteiger partial charge in [0.15, 0.2) is 0 Å². The number of carbonyl (C=O) groups is 1. The Morgan fingerprint density at radius 1 is 1.32 bits per heavy atom. The minimum Gasteiger partial charge on any atom is -0.352 e. The van der Waals surface area contributed by atoms with Crippen molar-refractivity contribution in [3.8, 4) is 5.69 Å². The van der Waals surface area contributed by atoms with Crippen LogP contribution in [0.3, 0.4) is 0 Å². The molecule has 118 valence electrons. The molecule has 1 fully saturated rings. The maximum Gasteiger partial charge on any atom is 0.223 e. The van der Waals surface area contributed by atoms with Gasteiger partial charge in [0.05, 0.1) is 5.69 Å². The standard InChI is InChI=1S/C16H20N4O.ClH/c17-14-5-4-13(10-14)16(21)18-11-12-2-6-15(7-3-12)20-9-1-8-19-20;/h1-3,6-9,13-14H,4-5,10-11,17H2,(H,18,21);1H. The van der Waals surface area contributed by atoms with E-state index in [-0.39, 0.29) is 30.3 Å². The summed E-state index contributed by atoms with van der Waals surface area (Å²) in [6.07, 6.45) is 6.33. The minimum atomic E-state index is 0. The molecular weight excluding hydrogens is 300 g/mol. The summed E-state index contributed by atoms with van der Waals surface area (Å²) in [7, 11) is 0. The number of aromatic nitrogens is 2. The zero-order chi connectivity index (χ0) is 14.7. The van der Waals surface area contributed by atoms with E-state index in [2.05, 4.69) is 10.4 Å². The first-order valence-corrected chi connectivity index (χ1v) is 7.34. The molecule has 2 atom stereocenters. The summed E-state index contributed by atoms with van der Waals surface area (Å²) in [5.74, 6) is 0.211. The Labute approximate surface area is 136 Å². The van der Waals surface area contributed by atoms with Crippen LogP contribution >= 0.6 is 12.4 Å². The second-order valence-corrected chi connectivity index (χ2v) is 5.60. The number of nitrogens with one attached hydrogen (secondary N) is 1. The van der Waals surface area contributed by atoms with Crippen molar-refractivity contribution >= 4 is 18.3 Å². The molecule has 1 saturated carbocycles. The van der Waals surface area contributed by atoms with Crippen molar-refractivity contribution in [1.82, 2.24) is 15.1 Å². The molecule has 0 spiro atoms. The third kappa shape index (κ3) is 3.87. The Bertz CT molecular complexity index is 597. The van der Waals surface area contributed by atoms with E-state index in [1.165, 1.54) is 0 Å². The van der Waals surface area contributed by atoms with Crippen LogP contribution in [-0.4, -0.2) is 21.7 Å². The van der Waals surface area contributed by atoms with Crippen LogP contribution in [0.5, 0.6) is 0 Å². The second-order valence-electron chi connectivity index (χ2n) is 5.60. The van der Waals surface area contributed by atoms with Gasteiger partial charge in [-0.1, -0.05) is 12.1 Å². The van der Waals surface area contributed by atoms with E-state index < -0.39 is 0 Å². The normalized spacial score (nSPS) is 20.4. The summed E-state index contributed by atoms with van der Waals surface area (Å²) >= 11 is 0. The van der Waals surface area contributed by atoms with Crippen LogP contribution in [0, 0.1) is 5.92 Å². The number of carbonyl (C=O) groups excluding carboxylic acids is 1. The average Bonchev–Trinajstić information content (AvgIpc) is 3.16. The van der Waals surface area contributed by atoms with Gasteiger partial charge in [-0.05, 0) is 43.0 Å². The molecule has 2 unspecified atom stereocenters. The summed E-state index contributed by atoms with van der Waals surface area (Å²) in [4.78, 5) is 12.0. The van der Waals surface area contributed by atoms with Gasteiger partial charge in [-0.2, -0.15) is 5.10 Å². The molecule has 3 rings (SSSR count). The fourth-order valence-corrected chi connectivity index (χ4v) is 2.78. The van der Waals surface area contributed by atoms with E-state index in [1.807, 2.05) is 41.2 Å². The number of halogens is 1. The summed E-state index contributed by atoms with van der Waals surface area (Å²) < 4.78 is 1.81. The predicted octanol–water partition coefficient (Wildman–Crippen LogP) is 2.04. The average molecular weight is 321 g/mol. The third-order valence-electron chi connectivity index (χ3n) is 4.02. The maximum atomic E-state index is 12.0. The highest BCUT2D eigenvalue weighted by molar-refractivity contribution is 5.85. The molecule has 0 aliphatic heterocycles. The zero-order valence-corrected chi connectivity index (χ0v) is 13.1. The lowest BCUT2D eigenvalue weighted by atomic mass is 10.1. The van der Waals surface area contributed by atoms with E-state index in [4.69, 9.17) is 5.73 Å². The summed E-state index contributed by atoms with van der Waals surface area (Å²) in [6, 6.07) is 10.1. The van der Waals surface area contributed by atoms with E-state index in [1.54, 1.807) is 6.20 Å². The van der Waals surface area contributed by atoms with Gasteiger partial charge in [0.2, 0.25) is 5.91 Å². The van der Waals surface area contributed by atoms with Gasteiger partial charge in [-0.3, -0.25) is 4.79 Å². The molecule has 6 heteroatoms. The Morgan fingerprint density at radius 3 is 2.68 bits per heavy atom. The van der Waals surface area contributed by atoms with Gasteiger partial charge in [-0.15, -0.1) is 12.4 Å². The molecule has 2 aromatic rings. The van der Waals surface area contributed by atoms with E-state index >= 15 is 0 Å². The molecule has 1 aromatic heterocycles. The molecule has 1 amide bonds. The first-order chi connectivity index (χ1) is 10.2. The first-order valence-electron chi connectivity index (χ1n) is 7.34. The lowest BCUT2D eigenvalue weighted by Crippen LogP contribution is -2.29. The highest BCUT2D eigenvalue weighted by Crippen LogP contribution is 2.24. The van der Waals surface area contributed by atoms with E-state index in [0.29, 0.717) is 6.54 Å². The van der Waals surface area contributed by atoms with Gasteiger partial charge in [-0.25, -0.2) is 4.68 Å². The fourth-order valence-electron chi connectivity index (χ4n) is 2.78. The SMILES string of the molecule is Cl.NC1CCC(C(=O)NCc2ccc(-n3cccn3)cc2)C1. The van der Waals surface area contributed by atoms with E-state index in [0.717, 1.165) is 30.5 Å². The van der Waals surface area contributed by atoms with Crippen molar-refractivity contribution in [2.75, 3.05) is 0 Å². The van der Waals surface area contributed by atoms with Gasteiger partial charge in [0.25, 0.3) is 0 Å².